The fourth-order valence-electron chi connectivity index (χ4n) is 1.94. The third kappa shape index (κ3) is 4.63. The zero-order valence-corrected chi connectivity index (χ0v) is 13.1. The van der Waals surface area contributed by atoms with Crippen LogP contribution in [0.3, 0.4) is 0 Å². The second-order valence-corrected chi connectivity index (χ2v) is 6.32. The van der Waals surface area contributed by atoms with Gasteiger partial charge in [-0.25, -0.2) is 0 Å². The van der Waals surface area contributed by atoms with E-state index in [0.29, 0.717) is 5.92 Å². The highest BCUT2D eigenvalue weighted by atomic mass is 32.2. The van der Waals surface area contributed by atoms with Crippen LogP contribution in [0.4, 0.5) is 0 Å². The van der Waals surface area contributed by atoms with Gasteiger partial charge in [-0.1, -0.05) is 55.9 Å². The number of carboxylic acid groups (broad SMARTS) is 1. The lowest BCUT2D eigenvalue weighted by Gasteiger charge is -2.08. The van der Waals surface area contributed by atoms with Gasteiger partial charge in [0, 0.05) is 12.1 Å². The van der Waals surface area contributed by atoms with Crippen LogP contribution in [-0.4, -0.2) is 26.6 Å². The first-order valence-electron chi connectivity index (χ1n) is 7.04. The molecule has 1 heterocycles. The Kier molecular flexibility index (Phi) is 5.44. The van der Waals surface area contributed by atoms with Crippen molar-refractivity contribution in [1.29, 1.82) is 0 Å². The highest BCUT2D eigenvalue weighted by molar-refractivity contribution is 7.99. The van der Waals surface area contributed by atoms with E-state index in [4.69, 9.17) is 5.11 Å². The molecule has 1 N–H and O–H groups in total. The lowest BCUT2D eigenvalue weighted by Crippen LogP contribution is -2.06. The molecule has 5 heteroatoms. The second-order valence-electron chi connectivity index (χ2n) is 5.32. The Morgan fingerprint density at radius 1 is 1.33 bits per heavy atom. The van der Waals surface area contributed by atoms with Crippen molar-refractivity contribution in [2.75, 3.05) is 5.75 Å². The number of hydrogen-bond acceptors (Lipinski definition) is 3. The van der Waals surface area contributed by atoms with Gasteiger partial charge >= 0.3 is 5.97 Å². The number of thioether (sulfide) groups is 1. The summed E-state index contributed by atoms with van der Waals surface area (Å²) in [5.41, 5.74) is 1.95. The lowest BCUT2D eigenvalue weighted by atomic mass is 10.1. The Bertz CT molecular complexity index is 594. The number of carbonyl (C=O) groups is 1. The Labute approximate surface area is 129 Å². The summed E-state index contributed by atoms with van der Waals surface area (Å²) in [5, 5.41) is 14.4. The van der Waals surface area contributed by atoms with Gasteiger partial charge < -0.3 is 5.11 Å². The Morgan fingerprint density at radius 3 is 2.67 bits per heavy atom. The first-order valence-corrected chi connectivity index (χ1v) is 8.02. The van der Waals surface area contributed by atoms with Crippen LogP contribution in [0.5, 0.6) is 0 Å². The van der Waals surface area contributed by atoms with Crippen molar-refractivity contribution in [2.45, 2.75) is 31.8 Å². The summed E-state index contributed by atoms with van der Waals surface area (Å²) >= 11 is 1.32. The van der Waals surface area contributed by atoms with Gasteiger partial charge in [0.25, 0.3) is 0 Å². The minimum atomic E-state index is -0.808. The van der Waals surface area contributed by atoms with Crippen molar-refractivity contribution in [3.05, 3.63) is 36.4 Å². The molecule has 0 aliphatic carbocycles. The number of benzene rings is 1. The summed E-state index contributed by atoms with van der Waals surface area (Å²) in [7, 11) is 0. The van der Waals surface area contributed by atoms with E-state index in [9.17, 15) is 4.79 Å². The highest BCUT2D eigenvalue weighted by Gasteiger charge is 2.12. The van der Waals surface area contributed by atoms with Crippen molar-refractivity contribution >= 4 is 17.7 Å². The molecule has 0 aliphatic heterocycles. The maximum Gasteiger partial charge on any atom is 0.313 e. The summed E-state index contributed by atoms with van der Waals surface area (Å²) in [5.74, 6) is -0.161. The lowest BCUT2D eigenvalue weighted by molar-refractivity contribution is -0.133. The third-order valence-corrected chi connectivity index (χ3v) is 4.09. The van der Waals surface area contributed by atoms with Crippen LogP contribution in [0.15, 0.2) is 41.4 Å². The smallest absolute Gasteiger partial charge is 0.313 e. The molecule has 0 aliphatic rings. The van der Waals surface area contributed by atoms with E-state index >= 15 is 0 Å². The number of rotatable bonds is 7. The summed E-state index contributed by atoms with van der Waals surface area (Å²) in [6.45, 7) is 5.16. The molecule has 4 nitrogen and oxygen atoms in total. The maximum absolute atomic E-state index is 10.8. The molecular weight excluding hydrogens is 284 g/mol. The van der Waals surface area contributed by atoms with E-state index in [-0.39, 0.29) is 5.75 Å². The van der Waals surface area contributed by atoms with Crippen LogP contribution in [0, 0.1) is 5.92 Å². The summed E-state index contributed by atoms with van der Waals surface area (Å²) < 4.78 is 1.93. The summed E-state index contributed by atoms with van der Waals surface area (Å²) in [6, 6.07) is 11.9. The fraction of sp³-hybridized carbons (Fsp3) is 0.375. The van der Waals surface area contributed by atoms with E-state index in [1.165, 1.54) is 11.8 Å². The normalized spacial score (nSPS) is 11.0. The molecule has 0 saturated heterocycles. The number of aliphatic carboxylic acids is 1. The molecule has 0 atom stereocenters. The van der Waals surface area contributed by atoms with E-state index in [0.717, 1.165) is 29.2 Å². The minimum Gasteiger partial charge on any atom is -0.481 e. The zero-order valence-electron chi connectivity index (χ0n) is 12.3. The van der Waals surface area contributed by atoms with Crippen molar-refractivity contribution < 1.29 is 9.90 Å². The summed E-state index contributed by atoms with van der Waals surface area (Å²) in [4.78, 5) is 10.8. The Balaban J connectivity index is 2.23. The summed E-state index contributed by atoms with van der Waals surface area (Å²) in [6.07, 6.45) is 1.02. The molecular formula is C16H20N2O2S. The molecule has 112 valence electrons. The third-order valence-electron chi connectivity index (χ3n) is 3.07. The average molecular weight is 304 g/mol. The van der Waals surface area contributed by atoms with Crippen molar-refractivity contribution in [3.63, 3.8) is 0 Å². The number of aromatic nitrogens is 2. The first kappa shape index (κ1) is 15.6. The predicted molar refractivity (Wildman–Crippen MR) is 85.5 cm³/mol. The highest BCUT2D eigenvalue weighted by Crippen LogP contribution is 2.26. The fourth-order valence-corrected chi connectivity index (χ4v) is 2.69. The van der Waals surface area contributed by atoms with Crippen LogP contribution in [0.25, 0.3) is 11.3 Å². The molecule has 0 spiro atoms. The Hall–Kier alpha value is -1.75. The van der Waals surface area contributed by atoms with Gasteiger partial charge in [-0.2, -0.15) is 5.10 Å². The first-order chi connectivity index (χ1) is 10.1. The van der Waals surface area contributed by atoms with Gasteiger partial charge in [-0.15, -0.1) is 0 Å². The van der Waals surface area contributed by atoms with Gasteiger partial charge in [0.2, 0.25) is 0 Å². The van der Waals surface area contributed by atoms with E-state index in [2.05, 4.69) is 18.9 Å². The molecule has 0 amide bonds. The quantitative estimate of drug-likeness (QED) is 0.791. The second kappa shape index (κ2) is 7.31. The maximum atomic E-state index is 10.8. The van der Waals surface area contributed by atoms with Crippen molar-refractivity contribution in [1.82, 2.24) is 9.78 Å². The van der Waals surface area contributed by atoms with Crippen molar-refractivity contribution in [2.24, 2.45) is 5.92 Å². The molecule has 2 aromatic rings. The molecule has 1 aromatic heterocycles. The standard InChI is InChI=1S/C16H20N2O2S/c1-12(2)8-9-18-15(21-11-16(19)20)10-14(17-18)13-6-4-3-5-7-13/h3-7,10,12H,8-9,11H2,1-2H3,(H,19,20). The molecule has 0 fully saturated rings. The zero-order chi connectivity index (χ0) is 15.2. The van der Waals surface area contributed by atoms with Gasteiger partial charge in [-0.05, 0) is 18.4 Å². The number of hydrogen-bond donors (Lipinski definition) is 1. The monoisotopic (exact) mass is 304 g/mol. The average Bonchev–Trinajstić information content (AvgIpc) is 2.87. The van der Waals surface area contributed by atoms with Crippen LogP contribution in [0.1, 0.15) is 20.3 Å². The largest absolute Gasteiger partial charge is 0.481 e. The molecule has 1 aromatic carbocycles. The Morgan fingerprint density at radius 2 is 2.05 bits per heavy atom. The van der Waals surface area contributed by atoms with E-state index in [1.54, 1.807) is 0 Å². The number of nitrogens with zero attached hydrogens (tertiary/aromatic N) is 2. The SMILES string of the molecule is CC(C)CCn1nc(-c2ccccc2)cc1SCC(=O)O. The van der Waals surface area contributed by atoms with E-state index in [1.807, 2.05) is 41.1 Å². The number of carboxylic acids is 1. The van der Waals surface area contributed by atoms with Crippen LogP contribution in [-0.2, 0) is 11.3 Å². The molecule has 0 bridgehead atoms. The minimum absolute atomic E-state index is 0.0571. The predicted octanol–water partition coefficient (Wildman–Crippen LogP) is 3.77. The number of aryl methyl sites for hydroxylation is 1. The van der Waals surface area contributed by atoms with Gasteiger partial charge in [-0.3, -0.25) is 9.48 Å². The van der Waals surface area contributed by atoms with Gasteiger partial charge in [0.05, 0.1) is 16.5 Å². The molecule has 21 heavy (non-hydrogen) atoms. The van der Waals surface area contributed by atoms with Crippen LogP contribution in [0.2, 0.25) is 0 Å². The van der Waals surface area contributed by atoms with Crippen LogP contribution >= 0.6 is 11.8 Å². The van der Waals surface area contributed by atoms with E-state index < -0.39 is 5.97 Å². The molecule has 0 radical (unpaired) electrons. The van der Waals surface area contributed by atoms with Crippen LogP contribution < -0.4 is 0 Å². The van der Waals surface area contributed by atoms with Gasteiger partial charge in [0.1, 0.15) is 0 Å². The molecule has 0 saturated carbocycles. The molecule has 0 unspecified atom stereocenters. The topological polar surface area (TPSA) is 55.1 Å². The van der Waals surface area contributed by atoms with Crippen molar-refractivity contribution in [3.8, 4) is 11.3 Å². The van der Waals surface area contributed by atoms with Gasteiger partial charge in [0.15, 0.2) is 0 Å². The molecule has 2 rings (SSSR count).